The maximum absolute atomic E-state index is 5.81. The van der Waals surface area contributed by atoms with Crippen LogP contribution in [0.1, 0.15) is 12.8 Å². The molecule has 0 bridgehead atoms. The molecule has 0 saturated heterocycles. The molecule has 1 aliphatic carbocycles. The second-order valence-electron chi connectivity index (χ2n) is 3.98. The molecule has 1 aliphatic rings. The van der Waals surface area contributed by atoms with E-state index >= 15 is 0 Å². The molecule has 1 rings (SSSR count). The number of allylic oxidation sites excluding steroid dienone is 3. The van der Waals surface area contributed by atoms with E-state index in [0.29, 0.717) is 0 Å². The highest BCUT2D eigenvalue weighted by molar-refractivity contribution is 6.70. The molecule has 0 saturated carbocycles. The van der Waals surface area contributed by atoms with Gasteiger partial charge in [0.2, 0.25) is 8.32 Å². The average Bonchev–Trinajstić information content (AvgIpc) is 2.10. The van der Waals surface area contributed by atoms with Gasteiger partial charge in [-0.2, -0.15) is 0 Å². The summed E-state index contributed by atoms with van der Waals surface area (Å²) >= 11 is 0. The van der Waals surface area contributed by atoms with Crippen molar-refractivity contribution < 1.29 is 4.43 Å². The maximum atomic E-state index is 5.81. The van der Waals surface area contributed by atoms with E-state index in [-0.39, 0.29) is 0 Å². The smallest absolute Gasteiger partial charge is 0.241 e. The molecule has 11 heavy (non-hydrogen) atoms. The van der Waals surface area contributed by atoms with Crippen LogP contribution in [-0.2, 0) is 4.43 Å². The van der Waals surface area contributed by atoms with Gasteiger partial charge in [-0.15, -0.1) is 0 Å². The van der Waals surface area contributed by atoms with Crippen molar-refractivity contribution in [3.63, 3.8) is 0 Å². The quantitative estimate of drug-likeness (QED) is 0.576. The van der Waals surface area contributed by atoms with Crippen LogP contribution < -0.4 is 0 Å². The first-order valence-electron chi connectivity index (χ1n) is 4.05. The van der Waals surface area contributed by atoms with E-state index in [2.05, 4.69) is 32.3 Å². The standard InChI is InChI=1S/C9H16OSi/c1-8-5-6-9(7-8)10-11(2,3)4/h7H,1,5-6H2,2-4H3. The summed E-state index contributed by atoms with van der Waals surface area (Å²) in [4.78, 5) is 0. The Morgan fingerprint density at radius 1 is 1.36 bits per heavy atom. The topological polar surface area (TPSA) is 9.23 Å². The van der Waals surface area contributed by atoms with E-state index < -0.39 is 8.32 Å². The van der Waals surface area contributed by atoms with Crippen LogP contribution >= 0.6 is 0 Å². The van der Waals surface area contributed by atoms with Gasteiger partial charge in [0.05, 0.1) is 5.76 Å². The predicted octanol–water partition coefficient (Wildman–Crippen LogP) is 3.07. The van der Waals surface area contributed by atoms with Gasteiger partial charge in [0.15, 0.2) is 0 Å². The van der Waals surface area contributed by atoms with Gasteiger partial charge >= 0.3 is 0 Å². The van der Waals surface area contributed by atoms with E-state index in [1.807, 2.05) is 0 Å². The van der Waals surface area contributed by atoms with Crippen molar-refractivity contribution in [3.05, 3.63) is 24.0 Å². The molecule has 62 valence electrons. The molecule has 0 heterocycles. The van der Waals surface area contributed by atoms with Gasteiger partial charge in [-0.05, 0) is 32.1 Å². The molecule has 0 amide bonds. The van der Waals surface area contributed by atoms with Crippen LogP contribution in [0, 0.1) is 0 Å². The van der Waals surface area contributed by atoms with E-state index in [1.54, 1.807) is 0 Å². The fourth-order valence-electron chi connectivity index (χ4n) is 1.13. The molecule has 0 spiro atoms. The van der Waals surface area contributed by atoms with Crippen LogP contribution in [0.5, 0.6) is 0 Å². The third-order valence-electron chi connectivity index (χ3n) is 1.49. The van der Waals surface area contributed by atoms with Crippen molar-refractivity contribution in [1.29, 1.82) is 0 Å². The van der Waals surface area contributed by atoms with Crippen LogP contribution in [0.3, 0.4) is 0 Å². The fourth-order valence-corrected chi connectivity index (χ4v) is 2.08. The first-order valence-corrected chi connectivity index (χ1v) is 7.45. The lowest BCUT2D eigenvalue weighted by Gasteiger charge is -2.19. The molecule has 0 aromatic rings. The van der Waals surface area contributed by atoms with Gasteiger partial charge < -0.3 is 4.43 Å². The summed E-state index contributed by atoms with van der Waals surface area (Å²) in [5.74, 6) is 1.15. The Labute approximate surface area is 69.9 Å². The predicted molar refractivity (Wildman–Crippen MR) is 50.9 cm³/mol. The van der Waals surface area contributed by atoms with Crippen molar-refractivity contribution in [3.8, 4) is 0 Å². The highest BCUT2D eigenvalue weighted by Crippen LogP contribution is 2.25. The minimum atomic E-state index is -1.36. The Morgan fingerprint density at radius 2 is 2.00 bits per heavy atom. The van der Waals surface area contributed by atoms with Crippen LogP contribution in [0.2, 0.25) is 19.6 Å². The fraction of sp³-hybridized carbons (Fsp3) is 0.556. The van der Waals surface area contributed by atoms with Crippen molar-refractivity contribution in [2.75, 3.05) is 0 Å². The highest BCUT2D eigenvalue weighted by Gasteiger charge is 2.19. The molecular formula is C9H16OSi. The van der Waals surface area contributed by atoms with E-state index in [1.165, 1.54) is 5.57 Å². The molecule has 0 unspecified atom stereocenters. The first kappa shape index (κ1) is 8.59. The Morgan fingerprint density at radius 3 is 2.36 bits per heavy atom. The molecule has 0 fully saturated rings. The van der Waals surface area contributed by atoms with Crippen molar-refractivity contribution >= 4 is 8.32 Å². The second-order valence-corrected chi connectivity index (χ2v) is 8.41. The molecule has 0 atom stereocenters. The molecule has 1 nitrogen and oxygen atoms in total. The summed E-state index contributed by atoms with van der Waals surface area (Å²) in [7, 11) is -1.36. The van der Waals surface area contributed by atoms with Crippen LogP contribution in [0.25, 0.3) is 0 Å². The van der Waals surface area contributed by atoms with Gasteiger partial charge in [-0.1, -0.05) is 12.2 Å². The Bertz CT molecular complexity index is 198. The van der Waals surface area contributed by atoms with Crippen LogP contribution in [0.15, 0.2) is 24.0 Å². The van der Waals surface area contributed by atoms with Gasteiger partial charge in [0.1, 0.15) is 0 Å². The lowest BCUT2D eigenvalue weighted by molar-refractivity contribution is 0.408. The minimum absolute atomic E-state index is 1.06. The van der Waals surface area contributed by atoms with Crippen LogP contribution in [-0.4, -0.2) is 8.32 Å². The number of rotatable bonds is 2. The molecule has 2 heteroatoms. The summed E-state index contributed by atoms with van der Waals surface area (Å²) in [6.07, 6.45) is 4.22. The minimum Gasteiger partial charge on any atom is -0.547 e. The number of hydrogen-bond donors (Lipinski definition) is 0. The summed E-state index contributed by atoms with van der Waals surface area (Å²) in [6.45, 7) is 10.5. The van der Waals surface area contributed by atoms with E-state index in [0.717, 1.165) is 18.6 Å². The van der Waals surface area contributed by atoms with E-state index in [9.17, 15) is 0 Å². The Hall–Kier alpha value is -0.503. The lowest BCUT2D eigenvalue weighted by Crippen LogP contribution is -2.24. The van der Waals surface area contributed by atoms with Gasteiger partial charge in [0, 0.05) is 6.42 Å². The third kappa shape index (κ3) is 2.93. The molecule has 0 N–H and O–H groups in total. The highest BCUT2D eigenvalue weighted by atomic mass is 28.4. The number of hydrogen-bond acceptors (Lipinski definition) is 1. The van der Waals surface area contributed by atoms with Crippen molar-refractivity contribution in [1.82, 2.24) is 0 Å². The summed E-state index contributed by atoms with van der Waals surface area (Å²) in [6, 6.07) is 0. The van der Waals surface area contributed by atoms with Gasteiger partial charge in [-0.3, -0.25) is 0 Å². The van der Waals surface area contributed by atoms with Gasteiger partial charge in [0.25, 0.3) is 0 Å². The third-order valence-corrected chi connectivity index (χ3v) is 2.37. The second kappa shape index (κ2) is 2.86. The van der Waals surface area contributed by atoms with Crippen LogP contribution in [0.4, 0.5) is 0 Å². The summed E-state index contributed by atoms with van der Waals surface area (Å²) in [5.41, 5.74) is 1.21. The molecule has 0 aromatic heterocycles. The lowest BCUT2D eigenvalue weighted by atomic mass is 10.3. The van der Waals surface area contributed by atoms with E-state index in [4.69, 9.17) is 4.43 Å². The van der Waals surface area contributed by atoms with Gasteiger partial charge in [-0.25, -0.2) is 0 Å². The molecule has 0 radical (unpaired) electrons. The SMILES string of the molecule is C=C1C=C(O[Si](C)(C)C)CC1. The normalized spacial score (nSPS) is 18.5. The zero-order valence-electron chi connectivity index (χ0n) is 7.61. The largest absolute Gasteiger partial charge is 0.547 e. The monoisotopic (exact) mass is 168 g/mol. The zero-order valence-corrected chi connectivity index (χ0v) is 8.61. The van der Waals surface area contributed by atoms with Crippen molar-refractivity contribution in [2.24, 2.45) is 0 Å². The molecule has 0 aliphatic heterocycles. The average molecular weight is 168 g/mol. The molecular weight excluding hydrogens is 152 g/mol. The summed E-state index contributed by atoms with van der Waals surface area (Å²) in [5, 5.41) is 0. The Kier molecular flexibility index (Phi) is 2.23. The first-order chi connectivity index (χ1) is 4.97. The zero-order chi connectivity index (χ0) is 8.48. The Balaban J connectivity index is 2.51. The molecule has 0 aromatic carbocycles. The maximum Gasteiger partial charge on any atom is 0.241 e. The van der Waals surface area contributed by atoms with Crippen molar-refractivity contribution in [2.45, 2.75) is 32.5 Å². The summed E-state index contributed by atoms with van der Waals surface area (Å²) < 4.78 is 5.81.